The fourth-order valence-electron chi connectivity index (χ4n) is 1.69. The fourth-order valence-corrected chi connectivity index (χ4v) is 3.15. The largest absolute Gasteiger partial charge is 0.497 e. The highest BCUT2D eigenvalue weighted by Crippen LogP contribution is 2.15. The summed E-state index contributed by atoms with van der Waals surface area (Å²) in [4.78, 5) is 11.0. The van der Waals surface area contributed by atoms with Crippen molar-refractivity contribution in [2.75, 3.05) is 7.11 Å². The Morgan fingerprint density at radius 2 is 2.05 bits per heavy atom. The Balaban J connectivity index is 2.86. The van der Waals surface area contributed by atoms with Gasteiger partial charge in [-0.3, -0.25) is 4.79 Å². The van der Waals surface area contributed by atoms with Gasteiger partial charge in [0.1, 0.15) is 11.8 Å². The summed E-state index contributed by atoms with van der Waals surface area (Å²) in [6, 6.07) is 5.50. The van der Waals surface area contributed by atoms with Crippen molar-refractivity contribution in [3.05, 3.63) is 29.8 Å². The highest BCUT2D eigenvalue weighted by molar-refractivity contribution is 7.88. The third-order valence-electron chi connectivity index (χ3n) is 2.73. The molecule has 0 fully saturated rings. The molecular weight excluding hydrogens is 282 g/mol. The van der Waals surface area contributed by atoms with Gasteiger partial charge >= 0.3 is 5.97 Å². The maximum Gasteiger partial charge on any atom is 0.321 e. The van der Waals surface area contributed by atoms with Crippen LogP contribution in [0, 0.1) is 5.92 Å². The lowest BCUT2D eigenvalue weighted by Gasteiger charge is -2.18. The van der Waals surface area contributed by atoms with Gasteiger partial charge in [-0.05, 0) is 23.6 Å². The van der Waals surface area contributed by atoms with E-state index < -0.39 is 22.0 Å². The summed E-state index contributed by atoms with van der Waals surface area (Å²) in [6.45, 7) is 3.29. The zero-order valence-electron chi connectivity index (χ0n) is 11.7. The van der Waals surface area contributed by atoms with Crippen LogP contribution in [0.1, 0.15) is 19.4 Å². The van der Waals surface area contributed by atoms with Crippen LogP contribution in [-0.2, 0) is 20.6 Å². The van der Waals surface area contributed by atoms with Gasteiger partial charge in [-0.2, -0.15) is 0 Å². The molecule has 0 radical (unpaired) electrons. The lowest BCUT2D eigenvalue weighted by Crippen LogP contribution is -2.44. The first-order valence-corrected chi connectivity index (χ1v) is 7.76. The van der Waals surface area contributed by atoms with E-state index in [1.807, 2.05) is 0 Å². The molecule has 6 nitrogen and oxygen atoms in total. The Hall–Kier alpha value is -1.60. The first kappa shape index (κ1) is 16.5. The summed E-state index contributed by atoms with van der Waals surface area (Å²) in [6.07, 6.45) is 0. The summed E-state index contributed by atoms with van der Waals surface area (Å²) in [5.74, 6) is -1.26. The van der Waals surface area contributed by atoms with E-state index in [2.05, 4.69) is 4.72 Å². The van der Waals surface area contributed by atoms with Crippen LogP contribution < -0.4 is 9.46 Å². The average Bonchev–Trinajstić information content (AvgIpc) is 2.35. The second kappa shape index (κ2) is 6.71. The van der Waals surface area contributed by atoms with Crippen molar-refractivity contribution in [3.63, 3.8) is 0 Å². The summed E-state index contributed by atoms with van der Waals surface area (Å²) in [5.41, 5.74) is 0.532. The molecule has 112 valence electrons. The Labute approximate surface area is 118 Å². The summed E-state index contributed by atoms with van der Waals surface area (Å²) in [7, 11) is -2.24. The molecule has 1 aromatic rings. The van der Waals surface area contributed by atoms with E-state index in [0.717, 1.165) is 0 Å². The molecule has 0 aromatic heterocycles. The summed E-state index contributed by atoms with van der Waals surface area (Å²) < 4.78 is 31.2. The van der Waals surface area contributed by atoms with E-state index in [0.29, 0.717) is 11.3 Å². The van der Waals surface area contributed by atoms with Gasteiger partial charge in [-0.15, -0.1) is 0 Å². The second-order valence-electron chi connectivity index (χ2n) is 4.79. The maximum absolute atomic E-state index is 12.0. The molecule has 2 N–H and O–H groups in total. The quantitative estimate of drug-likeness (QED) is 0.790. The van der Waals surface area contributed by atoms with E-state index in [1.165, 1.54) is 7.11 Å². The van der Waals surface area contributed by atoms with Crippen LogP contribution in [0.5, 0.6) is 5.75 Å². The molecule has 0 aliphatic heterocycles. The zero-order chi connectivity index (χ0) is 15.3. The Kier molecular flexibility index (Phi) is 5.52. The number of hydrogen-bond donors (Lipinski definition) is 2. The molecule has 0 saturated heterocycles. The molecule has 0 aliphatic rings. The predicted octanol–water partition coefficient (Wildman–Crippen LogP) is 1.22. The molecule has 0 unspecified atom stereocenters. The highest BCUT2D eigenvalue weighted by atomic mass is 32.2. The van der Waals surface area contributed by atoms with Crippen molar-refractivity contribution in [2.24, 2.45) is 5.92 Å². The average molecular weight is 301 g/mol. The van der Waals surface area contributed by atoms with Crippen molar-refractivity contribution in [2.45, 2.75) is 25.6 Å². The number of sulfonamides is 1. The normalized spacial score (nSPS) is 13.2. The van der Waals surface area contributed by atoms with Gasteiger partial charge < -0.3 is 9.84 Å². The van der Waals surface area contributed by atoms with Crippen molar-refractivity contribution in [1.29, 1.82) is 0 Å². The van der Waals surface area contributed by atoms with Crippen LogP contribution in [-0.4, -0.2) is 32.6 Å². The van der Waals surface area contributed by atoms with E-state index in [9.17, 15) is 13.2 Å². The molecule has 0 spiro atoms. The van der Waals surface area contributed by atoms with Crippen LogP contribution in [0.4, 0.5) is 0 Å². The third-order valence-corrected chi connectivity index (χ3v) is 4.06. The minimum Gasteiger partial charge on any atom is -0.497 e. The first-order chi connectivity index (χ1) is 9.25. The molecule has 1 atom stereocenters. The lowest BCUT2D eigenvalue weighted by atomic mass is 10.1. The Morgan fingerprint density at radius 1 is 1.40 bits per heavy atom. The number of hydrogen-bond acceptors (Lipinski definition) is 4. The molecule has 0 saturated carbocycles. The summed E-state index contributed by atoms with van der Waals surface area (Å²) in [5, 5.41) is 9.01. The monoisotopic (exact) mass is 301 g/mol. The number of carboxylic acid groups (broad SMARTS) is 1. The van der Waals surface area contributed by atoms with Crippen LogP contribution in [0.3, 0.4) is 0 Å². The van der Waals surface area contributed by atoms with Gasteiger partial charge in [0.05, 0.1) is 12.9 Å². The SMILES string of the molecule is COc1cccc(CS(=O)(=O)N[C@H](C(=O)O)C(C)C)c1. The molecule has 1 rings (SSSR count). The fraction of sp³-hybridized carbons (Fsp3) is 0.462. The first-order valence-electron chi connectivity index (χ1n) is 6.11. The number of methoxy groups -OCH3 is 1. The van der Waals surface area contributed by atoms with Crippen molar-refractivity contribution < 1.29 is 23.1 Å². The molecule has 20 heavy (non-hydrogen) atoms. The molecule has 0 amide bonds. The Morgan fingerprint density at radius 3 is 2.55 bits per heavy atom. The highest BCUT2D eigenvalue weighted by Gasteiger charge is 2.27. The molecular formula is C13H19NO5S. The van der Waals surface area contributed by atoms with Crippen molar-refractivity contribution >= 4 is 16.0 Å². The zero-order valence-corrected chi connectivity index (χ0v) is 12.5. The van der Waals surface area contributed by atoms with E-state index in [4.69, 9.17) is 9.84 Å². The minimum atomic E-state index is -3.74. The number of rotatable bonds is 7. The third kappa shape index (κ3) is 4.82. The number of benzene rings is 1. The number of carbonyl (C=O) groups is 1. The number of carboxylic acids is 1. The van der Waals surface area contributed by atoms with Crippen molar-refractivity contribution in [3.8, 4) is 5.75 Å². The van der Waals surface area contributed by atoms with E-state index in [-0.39, 0.29) is 11.7 Å². The Bertz CT molecular complexity index is 568. The standard InChI is InChI=1S/C13H19NO5S/c1-9(2)12(13(15)16)14-20(17,18)8-10-5-4-6-11(7-10)19-3/h4-7,9,12,14H,8H2,1-3H3,(H,15,16)/t12-/m0/s1. The van der Waals surface area contributed by atoms with Gasteiger partial charge in [0.15, 0.2) is 0 Å². The molecule has 0 bridgehead atoms. The van der Waals surface area contributed by atoms with Crippen molar-refractivity contribution in [1.82, 2.24) is 4.72 Å². The minimum absolute atomic E-state index is 0.291. The van der Waals surface area contributed by atoms with Gasteiger partial charge in [-0.1, -0.05) is 26.0 Å². The maximum atomic E-state index is 12.0. The number of ether oxygens (including phenoxy) is 1. The lowest BCUT2D eigenvalue weighted by molar-refractivity contribution is -0.140. The summed E-state index contributed by atoms with van der Waals surface area (Å²) >= 11 is 0. The van der Waals surface area contributed by atoms with Crippen LogP contribution in [0.2, 0.25) is 0 Å². The van der Waals surface area contributed by atoms with E-state index >= 15 is 0 Å². The van der Waals surface area contributed by atoms with E-state index in [1.54, 1.807) is 38.1 Å². The molecule has 1 aromatic carbocycles. The van der Waals surface area contributed by atoms with Gasteiger partial charge in [0, 0.05) is 0 Å². The van der Waals surface area contributed by atoms with Crippen LogP contribution >= 0.6 is 0 Å². The molecule has 0 aliphatic carbocycles. The van der Waals surface area contributed by atoms with Crippen LogP contribution in [0.25, 0.3) is 0 Å². The second-order valence-corrected chi connectivity index (χ2v) is 6.54. The smallest absolute Gasteiger partial charge is 0.321 e. The van der Waals surface area contributed by atoms with Gasteiger partial charge in [-0.25, -0.2) is 13.1 Å². The number of aliphatic carboxylic acids is 1. The molecule has 7 heteroatoms. The topological polar surface area (TPSA) is 92.7 Å². The predicted molar refractivity (Wildman–Crippen MR) is 75.0 cm³/mol. The molecule has 0 heterocycles. The van der Waals surface area contributed by atoms with Crippen LogP contribution in [0.15, 0.2) is 24.3 Å². The number of nitrogens with one attached hydrogen (secondary N) is 1. The van der Waals surface area contributed by atoms with Gasteiger partial charge in [0.25, 0.3) is 0 Å². The van der Waals surface area contributed by atoms with Gasteiger partial charge in [0.2, 0.25) is 10.0 Å².